The van der Waals surface area contributed by atoms with Crippen LogP contribution in [0.25, 0.3) is 0 Å². The van der Waals surface area contributed by atoms with Crippen LogP contribution in [0.1, 0.15) is 54.4 Å². The fraction of sp³-hybridized carbons (Fsp3) is 0.857. The summed E-state index contributed by atoms with van der Waals surface area (Å²) in [7, 11) is 0. The number of hydrogen-bond donors (Lipinski definition) is 0. The molecular weight excluding hydrogens is 182 g/mol. The SMILES string of the molecule is CCN(/C=C/C(C)CC(C)(C)CC)CC. The van der Waals surface area contributed by atoms with Crippen molar-refractivity contribution in [2.24, 2.45) is 11.3 Å². The summed E-state index contributed by atoms with van der Waals surface area (Å²) in [5.41, 5.74) is 0.479. The lowest BCUT2D eigenvalue weighted by Crippen LogP contribution is -2.17. The van der Waals surface area contributed by atoms with Crippen LogP contribution in [-0.2, 0) is 0 Å². The summed E-state index contributed by atoms with van der Waals surface area (Å²) in [4.78, 5) is 2.34. The molecule has 1 atom stereocenters. The molecule has 0 spiro atoms. The summed E-state index contributed by atoms with van der Waals surface area (Å²) < 4.78 is 0. The minimum absolute atomic E-state index is 0.479. The van der Waals surface area contributed by atoms with E-state index in [-0.39, 0.29) is 0 Å². The molecule has 0 N–H and O–H groups in total. The average molecular weight is 211 g/mol. The van der Waals surface area contributed by atoms with Crippen molar-refractivity contribution < 1.29 is 0 Å². The first-order valence-corrected chi connectivity index (χ1v) is 6.37. The van der Waals surface area contributed by atoms with Gasteiger partial charge in [0.1, 0.15) is 0 Å². The van der Waals surface area contributed by atoms with E-state index in [4.69, 9.17) is 0 Å². The van der Waals surface area contributed by atoms with Crippen LogP contribution in [0, 0.1) is 11.3 Å². The van der Waals surface area contributed by atoms with Gasteiger partial charge in [-0.25, -0.2) is 0 Å². The van der Waals surface area contributed by atoms with Crippen molar-refractivity contribution in [3.05, 3.63) is 12.3 Å². The van der Waals surface area contributed by atoms with Crippen LogP contribution < -0.4 is 0 Å². The number of rotatable bonds is 7. The average Bonchev–Trinajstić information content (AvgIpc) is 2.19. The second-order valence-corrected chi connectivity index (χ2v) is 5.26. The molecule has 0 saturated heterocycles. The van der Waals surface area contributed by atoms with Crippen molar-refractivity contribution in [1.82, 2.24) is 4.90 Å². The maximum absolute atomic E-state index is 2.36. The van der Waals surface area contributed by atoms with Crippen molar-refractivity contribution >= 4 is 0 Å². The normalized spacial score (nSPS) is 14.5. The van der Waals surface area contributed by atoms with Gasteiger partial charge in [-0.1, -0.05) is 40.2 Å². The standard InChI is InChI=1S/C14H29N/c1-7-14(5,6)12-13(4)10-11-15(8-2)9-3/h10-11,13H,7-9,12H2,1-6H3/b11-10+. The van der Waals surface area contributed by atoms with E-state index < -0.39 is 0 Å². The molecule has 0 bridgehead atoms. The van der Waals surface area contributed by atoms with Crippen molar-refractivity contribution in [3.63, 3.8) is 0 Å². The van der Waals surface area contributed by atoms with Gasteiger partial charge < -0.3 is 4.90 Å². The molecule has 0 aliphatic heterocycles. The van der Waals surface area contributed by atoms with Crippen molar-refractivity contribution in [3.8, 4) is 0 Å². The third-order valence-electron chi connectivity index (χ3n) is 3.27. The molecule has 0 heterocycles. The Labute approximate surface area is 96.6 Å². The van der Waals surface area contributed by atoms with Crippen LogP contribution in [0.4, 0.5) is 0 Å². The van der Waals surface area contributed by atoms with E-state index in [9.17, 15) is 0 Å². The van der Waals surface area contributed by atoms with E-state index >= 15 is 0 Å². The van der Waals surface area contributed by atoms with Gasteiger partial charge in [0.2, 0.25) is 0 Å². The molecule has 0 aromatic carbocycles. The molecule has 1 unspecified atom stereocenters. The molecule has 15 heavy (non-hydrogen) atoms. The summed E-state index contributed by atoms with van der Waals surface area (Å²) in [5.74, 6) is 0.681. The zero-order valence-electron chi connectivity index (χ0n) is 11.5. The van der Waals surface area contributed by atoms with E-state index in [1.165, 1.54) is 12.8 Å². The molecule has 0 rings (SSSR count). The smallest absolute Gasteiger partial charge is 0.0143 e. The second kappa shape index (κ2) is 6.92. The van der Waals surface area contributed by atoms with E-state index in [2.05, 4.69) is 58.7 Å². The minimum atomic E-state index is 0.479. The van der Waals surface area contributed by atoms with Crippen LogP contribution in [0.15, 0.2) is 12.3 Å². The zero-order valence-corrected chi connectivity index (χ0v) is 11.5. The van der Waals surface area contributed by atoms with Gasteiger partial charge in [0, 0.05) is 13.1 Å². The van der Waals surface area contributed by atoms with Crippen molar-refractivity contribution in [2.75, 3.05) is 13.1 Å². The van der Waals surface area contributed by atoms with Gasteiger partial charge in [0.05, 0.1) is 0 Å². The molecule has 0 amide bonds. The Morgan fingerprint density at radius 3 is 2.07 bits per heavy atom. The molecule has 0 saturated carbocycles. The third kappa shape index (κ3) is 6.59. The highest BCUT2D eigenvalue weighted by molar-refractivity contribution is 4.88. The summed E-state index contributed by atoms with van der Waals surface area (Å²) in [6, 6.07) is 0. The molecule has 0 radical (unpaired) electrons. The molecule has 0 fully saturated rings. The zero-order chi connectivity index (χ0) is 11.9. The Morgan fingerprint density at radius 1 is 1.13 bits per heavy atom. The molecular formula is C14H29N. The van der Waals surface area contributed by atoms with Crippen LogP contribution in [0.5, 0.6) is 0 Å². The summed E-state index contributed by atoms with van der Waals surface area (Å²) in [5, 5.41) is 0. The number of allylic oxidation sites excluding steroid dienone is 1. The third-order valence-corrected chi connectivity index (χ3v) is 3.27. The highest BCUT2D eigenvalue weighted by Crippen LogP contribution is 2.29. The van der Waals surface area contributed by atoms with Gasteiger partial charge in [-0.3, -0.25) is 0 Å². The fourth-order valence-electron chi connectivity index (χ4n) is 1.79. The monoisotopic (exact) mass is 211 g/mol. The van der Waals surface area contributed by atoms with Crippen molar-refractivity contribution in [2.45, 2.75) is 54.4 Å². The highest BCUT2D eigenvalue weighted by atomic mass is 15.1. The maximum atomic E-state index is 2.36. The molecule has 1 heteroatoms. The van der Waals surface area contributed by atoms with Gasteiger partial charge in [0.15, 0.2) is 0 Å². The largest absolute Gasteiger partial charge is 0.378 e. The summed E-state index contributed by atoms with van der Waals surface area (Å²) in [6.45, 7) is 15.9. The summed E-state index contributed by atoms with van der Waals surface area (Å²) in [6.07, 6.45) is 7.15. The Hall–Kier alpha value is -0.460. The van der Waals surface area contributed by atoms with Crippen molar-refractivity contribution in [1.29, 1.82) is 0 Å². The summed E-state index contributed by atoms with van der Waals surface area (Å²) >= 11 is 0. The van der Waals surface area contributed by atoms with Gasteiger partial charge in [0.25, 0.3) is 0 Å². The van der Waals surface area contributed by atoms with Gasteiger partial charge in [-0.05, 0) is 37.8 Å². The quantitative estimate of drug-likeness (QED) is 0.607. The van der Waals surface area contributed by atoms with Crippen LogP contribution in [0.3, 0.4) is 0 Å². The molecule has 0 aromatic heterocycles. The van der Waals surface area contributed by atoms with Gasteiger partial charge in [-0.2, -0.15) is 0 Å². The molecule has 1 nitrogen and oxygen atoms in total. The first kappa shape index (κ1) is 14.5. The molecule has 90 valence electrons. The van der Waals surface area contributed by atoms with Crippen LogP contribution >= 0.6 is 0 Å². The molecule has 0 aromatic rings. The lowest BCUT2D eigenvalue weighted by Gasteiger charge is -2.25. The number of nitrogens with zero attached hydrogens (tertiary/aromatic N) is 1. The lowest BCUT2D eigenvalue weighted by atomic mass is 9.81. The first-order chi connectivity index (χ1) is 6.95. The highest BCUT2D eigenvalue weighted by Gasteiger charge is 2.17. The molecule has 0 aliphatic rings. The van der Waals surface area contributed by atoms with E-state index in [0.29, 0.717) is 11.3 Å². The van der Waals surface area contributed by atoms with E-state index in [1.54, 1.807) is 0 Å². The van der Waals surface area contributed by atoms with Gasteiger partial charge in [-0.15, -0.1) is 0 Å². The second-order valence-electron chi connectivity index (χ2n) is 5.26. The maximum Gasteiger partial charge on any atom is 0.0143 e. The minimum Gasteiger partial charge on any atom is -0.378 e. The van der Waals surface area contributed by atoms with E-state index in [1.807, 2.05) is 0 Å². The Bertz CT molecular complexity index is 178. The molecule has 0 aliphatic carbocycles. The van der Waals surface area contributed by atoms with Gasteiger partial charge >= 0.3 is 0 Å². The fourth-order valence-corrected chi connectivity index (χ4v) is 1.79. The Balaban J connectivity index is 4.07. The first-order valence-electron chi connectivity index (χ1n) is 6.37. The van der Waals surface area contributed by atoms with Crippen LogP contribution in [-0.4, -0.2) is 18.0 Å². The topological polar surface area (TPSA) is 3.24 Å². The predicted molar refractivity (Wildman–Crippen MR) is 69.9 cm³/mol. The lowest BCUT2D eigenvalue weighted by molar-refractivity contribution is 0.288. The number of hydrogen-bond acceptors (Lipinski definition) is 1. The van der Waals surface area contributed by atoms with E-state index in [0.717, 1.165) is 13.1 Å². The Morgan fingerprint density at radius 2 is 1.67 bits per heavy atom. The Kier molecular flexibility index (Phi) is 6.71. The predicted octanol–water partition coefficient (Wildman–Crippen LogP) is 4.30. The van der Waals surface area contributed by atoms with Crippen LogP contribution in [0.2, 0.25) is 0 Å².